The lowest BCUT2D eigenvalue weighted by Gasteiger charge is -2.26. The number of carbonyl (C=O) groups is 2. The first-order valence-electron chi connectivity index (χ1n) is 6.52. The molecule has 0 bridgehead atoms. The van der Waals surface area contributed by atoms with Crippen LogP contribution in [0.4, 0.5) is 16.2 Å². The smallest absolute Gasteiger partial charge is 0.427 e. The van der Waals surface area contributed by atoms with Crippen LogP contribution in [0.5, 0.6) is 0 Å². The van der Waals surface area contributed by atoms with E-state index in [0.717, 1.165) is 5.69 Å². The molecule has 1 aromatic rings. The molecule has 20 heavy (non-hydrogen) atoms. The van der Waals surface area contributed by atoms with Gasteiger partial charge in [0.2, 0.25) is 5.91 Å². The van der Waals surface area contributed by atoms with E-state index in [-0.39, 0.29) is 5.91 Å². The van der Waals surface area contributed by atoms with Gasteiger partial charge in [-0.1, -0.05) is 12.1 Å². The number of ether oxygens (including phenoxy) is 1. The van der Waals surface area contributed by atoms with Crippen LogP contribution in [-0.4, -0.2) is 24.1 Å². The molecule has 1 aromatic carbocycles. The first-order valence-corrected chi connectivity index (χ1v) is 6.52. The van der Waals surface area contributed by atoms with Crippen LogP contribution in [-0.2, 0) is 9.53 Å². The Labute approximate surface area is 118 Å². The number of benzene rings is 1. The lowest BCUT2D eigenvalue weighted by atomic mass is 10.2. The average Bonchev–Trinajstić information content (AvgIpc) is 2.48. The topological polar surface area (TPSA) is 70.7 Å². The number of anilines is 2. The third kappa shape index (κ3) is 3.40. The first kappa shape index (κ1) is 14.2. The van der Waals surface area contributed by atoms with E-state index in [4.69, 9.17) is 4.74 Å². The summed E-state index contributed by atoms with van der Waals surface area (Å²) in [6, 6.07) is 7.30. The summed E-state index contributed by atoms with van der Waals surface area (Å²) < 4.78 is 5.18. The predicted molar refractivity (Wildman–Crippen MR) is 76.4 cm³/mol. The summed E-state index contributed by atoms with van der Waals surface area (Å²) in [5.74, 6) is -0.187. The van der Waals surface area contributed by atoms with Crippen molar-refractivity contribution in [3.8, 4) is 0 Å². The predicted octanol–water partition coefficient (Wildman–Crippen LogP) is 2.27. The molecule has 0 saturated carbocycles. The number of hydrogen-bond donors (Lipinski definition) is 2. The maximum absolute atomic E-state index is 12.1. The third-order valence-corrected chi connectivity index (χ3v) is 2.65. The molecule has 0 fully saturated rings. The number of amides is 2. The SMILES string of the molecule is CC(C)(C)OC(=O)NN1C(=O)CCNc2ccccc21. The van der Waals surface area contributed by atoms with Gasteiger partial charge in [0.05, 0.1) is 11.4 Å². The number of fused-ring (bicyclic) bond motifs is 1. The zero-order valence-electron chi connectivity index (χ0n) is 11.9. The normalized spacial score (nSPS) is 14.9. The highest BCUT2D eigenvalue weighted by atomic mass is 16.6. The summed E-state index contributed by atoms with van der Waals surface area (Å²) in [7, 11) is 0. The Kier molecular flexibility index (Phi) is 3.83. The van der Waals surface area contributed by atoms with Gasteiger partial charge in [-0.15, -0.1) is 0 Å². The fraction of sp³-hybridized carbons (Fsp3) is 0.429. The first-order chi connectivity index (χ1) is 9.37. The highest BCUT2D eigenvalue weighted by Gasteiger charge is 2.25. The van der Waals surface area contributed by atoms with Crippen molar-refractivity contribution in [3.63, 3.8) is 0 Å². The maximum Gasteiger partial charge on any atom is 0.427 e. The number of nitrogens with zero attached hydrogens (tertiary/aromatic N) is 1. The number of hydrazine groups is 1. The molecule has 0 atom stereocenters. The van der Waals surface area contributed by atoms with Gasteiger partial charge in [-0.25, -0.2) is 15.2 Å². The molecule has 1 aliphatic rings. The van der Waals surface area contributed by atoms with Gasteiger partial charge in [0.15, 0.2) is 0 Å². The maximum atomic E-state index is 12.1. The van der Waals surface area contributed by atoms with E-state index < -0.39 is 11.7 Å². The Hall–Kier alpha value is -2.24. The van der Waals surface area contributed by atoms with Crippen molar-refractivity contribution in [2.75, 3.05) is 16.9 Å². The van der Waals surface area contributed by atoms with Crippen molar-refractivity contribution < 1.29 is 14.3 Å². The van der Waals surface area contributed by atoms with Crippen molar-refractivity contribution in [2.45, 2.75) is 32.8 Å². The summed E-state index contributed by atoms with van der Waals surface area (Å²) in [5, 5.41) is 4.39. The van der Waals surface area contributed by atoms with Crippen molar-refractivity contribution in [1.82, 2.24) is 5.43 Å². The molecule has 6 nitrogen and oxygen atoms in total. The molecule has 0 unspecified atom stereocenters. The third-order valence-electron chi connectivity index (χ3n) is 2.65. The minimum Gasteiger partial charge on any atom is -0.443 e. The zero-order chi connectivity index (χ0) is 14.8. The van der Waals surface area contributed by atoms with E-state index in [1.807, 2.05) is 18.2 Å². The van der Waals surface area contributed by atoms with Gasteiger partial charge in [0.25, 0.3) is 0 Å². The number of rotatable bonds is 1. The molecule has 0 radical (unpaired) electrons. The average molecular weight is 277 g/mol. The van der Waals surface area contributed by atoms with Crippen LogP contribution in [0.2, 0.25) is 0 Å². The number of nitrogens with one attached hydrogen (secondary N) is 2. The molecule has 0 aliphatic carbocycles. The van der Waals surface area contributed by atoms with Crippen LogP contribution in [0.25, 0.3) is 0 Å². The highest BCUT2D eigenvalue weighted by Crippen LogP contribution is 2.27. The van der Waals surface area contributed by atoms with Crippen molar-refractivity contribution in [1.29, 1.82) is 0 Å². The fourth-order valence-corrected chi connectivity index (χ4v) is 1.88. The quantitative estimate of drug-likeness (QED) is 0.826. The molecule has 108 valence electrons. The fourth-order valence-electron chi connectivity index (χ4n) is 1.88. The summed E-state index contributed by atoms with van der Waals surface area (Å²) in [4.78, 5) is 23.9. The van der Waals surface area contributed by atoms with Crippen LogP contribution in [0, 0.1) is 0 Å². The van der Waals surface area contributed by atoms with E-state index in [1.54, 1.807) is 26.8 Å². The van der Waals surface area contributed by atoms with E-state index in [9.17, 15) is 9.59 Å². The van der Waals surface area contributed by atoms with Crippen LogP contribution >= 0.6 is 0 Å². The van der Waals surface area contributed by atoms with Gasteiger partial charge in [-0.2, -0.15) is 0 Å². The van der Waals surface area contributed by atoms with Crippen molar-refractivity contribution in [3.05, 3.63) is 24.3 Å². The molecule has 6 heteroatoms. The molecule has 2 N–H and O–H groups in total. The van der Waals surface area contributed by atoms with Crippen LogP contribution < -0.4 is 15.8 Å². The van der Waals surface area contributed by atoms with Gasteiger partial charge in [0, 0.05) is 13.0 Å². The molecule has 1 aliphatic heterocycles. The van der Waals surface area contributed by atoms with Crippen LogP contribution in [0.15, 0.2) is 24.3 Å². The summed E-state index contributed by atoms with van der Waals surface area (Å²) in [5.41, 5.74) is 3.30. The van der Waals surface area contributed by atoms with Gasteiger partial charge < -0.3 is 10.1 Å². The van der Waals surface area contributed by atoms with Gasteiger partial charge in [0.1, 0.15) is 5.60 Å². The van der Waals surface area contributed by atoms with Crippen molar-refractivity contribution >= 4 is 23.4 Å². The zero-order valence-corrected chi connectivity index (χ0v) is 11.9. The van der Waals surface area contributed by atoms with Crippen molar-refractivity contribution in [2.24, 2.45) is 0 Å². The summed E-state index contributed by atoms with van der Waals surface area (Å²) >= 11 is 0. The Morgan fingerprint density at radius 1 is 1.35 bits per heavy atom. The van der Waals surface area contributed by atoms with Gasteiger partial charge in [-0.3, -0.25) is 4.79 Å². The number of para-hydroxylation sites is 2. The standard InChI is InChI=1S/C14H19N3O3/c1-14(2,3)20-13(19)16-17-11-7-5-4-6-10(11)15-9-8-12(17)18/h4-7,15H,8-9H2,1-3H3,(H,16,19). The molecule has 1 heterocycles. The summed E-state index contributed by atoms with van der Waals surface area (Å²) in [6.07, 6.45) is -0.354. The number of carbonyl (C=O) groups excluding carboxylic acids is 2. The Balaban J connectivity index is 2.21. The monoisotopic (exact) mass is 277 g/mol. The van der Waals surface area contributed by atoms with Crippen LogP contribution in [0.1, 0.15) is 27.2 Å². The van der Waals surface area contributed by atoms with E-state index in [0.29, 0.717) is 18.7 Å². The lowest BCUT2D eigenvalue weighted by Crippen LogP contribution is -2.48. The molecule has 2 rings (SSSR count). The Morgan fingerprint density at radius 3 is 2.75 bits per heavy atom. The Bertz CT molecular complexity index is 523. The van der Waals surface area contributed by atoms with Gasteiger partial charge in [-0.05, 0) is 32.9 Å². The molecule has 2 amide bonds. The molecular weight excluding hydrogens is 258 g/mol. The van der Waals surface area contributed by atoms with E-state index >= 15 is 0 Å². The molecular formula is C14H19N3O3. The lowest BCUT2D eigenvalue weighted by molar-refractivity contribution is -0.119. The second-order valence-corrected chi connectivity index (χ2v) is 5.54. The minimum absolute atomic E-state index is 0.187. The molecule has 0 saturated heterocycles. The summed E-state index contributed by atoms with van der Waals surface area (Å²) in [6.45, 7) is 5.84. The second-order valence-electron chi connectivity index (χ2n) is 5.54. The highest BCUT2D eigenvalue weighted by molar-refractivity contribution is 5.99. The number of hydrogen-bond acceptors (Lipinski definition) is 4. The van der Waals surface area contributed by atoms with Gasteiger partial charge >= 0.3 is 6.09 Å². The van der Waals surface area contributed by atoms with E-state index in [2.05, 4.69) is 10.7 Å². The molecule has 0 aromatic heterocycles. The van der Waals surface area contributed by atoms with E-state index in [1.165, 1.54) is 5.01 Å². The Morgan fingerprint density at radius 2 is 2.05 bits per heavy atom. The largest absolute Gasteiger partial charge is 0.443 e. The second kappa shape index (κ2) is 5.40. The minimum atomic E-state index is -0.650. The molecule has 0 spiro atoms. The van der Waals surface area contributed by atoms with Crippen LogP contribution in [0.3, 0.4) is 0 Å².